The van der Waals surface area contributed by atoms with Gasteiger partial charge < -0.3 is 10.6 Å². The number of fused-ring (bicyclic) bond motifs is 1. The maximum absolute atomic E-state index is 5.80. The van der Waals surface area contributed by atoms with Crippen LogP contribution in [0.1, 0.15) is 31.7 Å². The van der Waals surface area contributed by atoms with Crippen LogP contribution in [0.3, 0.4) is 0 Å². The first-order valence-electron chi connectivity index (χ1n) is 8.15. The fourth-order valence-electron chi connectivity index (χ4n) is 3.43. The normalized spacial score (nSPS) is 18.6. The highest BCUT2D eigenvalue weighted by Gasteiger charge is 2.24. The highest BCUT2D eigenvalue weighted by atomic mass is 15.2. The molecule has 1 aromatic carbocycles. The standard InChI is InChI=1S/C18H25N3/c1-2-5-14-9-11-21(13-14)18-16(8-10-19)12-15-6-3-4-7-17(15)20-18/h3-4,6-7,12,14H,2,5,8-11,13,19H2,1H3. The first kappa shape index (κ1) is 14.3. The summed E-state index contributed by atoms with van der Waals surface area (Å²) in [5.74, 6) is 1.99. The molecule has 21 heavy (non-hydrogen) atoms. The topological polar surface area (TPSA) is 42.2 Å². The van der Waals surface area contributed by atoms with Gasteiger partial charge in [-0.05, 0) is 49.4 Å². The van der Waals surface area contributed by atoms with Crippen LogP contribution in [0.25, 0.3) is 10.9 Å². The Labute approximate surface area is 127 Å². The second-order valence-electron chi connectivity index (χ2n) is 6.09. The van der Waals surface area contributed by atoms with Crippen LogP contribution in [0.2, 0.25) is 0 Å². The maximum Gasteiger partial charge on any atom is 0.132 e. The molecule has 0 spiro atoms. The monoisotopic (exact) mass is 283 g/mol. The van der Waals surface area contributed by atoms with E-state index < -0.39 is 0 Å². The molecule has 0 amide bonds. The number of para-hydroxylation sites is 1. The van der Waals surface area contributed by atoms with Crippen molar-refractivity contribution in [3.63, 3.8) is 0 Å². The Morgan fingerprint density at radius 3 is 3.00 bits per heavy atom. The fourth-order valence-corrected chi connectivity index (χ4v) is 3.43. The van der Waals surface area contributed by atoms with Gasteiger partial charge in [0.25, 0.3) is 0 Å². The van der Waals surface area contributed by atoms with E-state index >= 15 is 0 Å². The Hall–Kier alpha value is -1.61. The molecule has 1 aromatic heterocycles. The molecule has 1 aliphatic heterocycles. The number of aromatic nitrogens is 1. The number of nitrogens with zero attached hydrogens (tertiary/aromatic N) is 2. The first-order valence-corrected chi connectivity index (χ1v) is 8.15. The predicted molar refractivity (Wildman–Crippen MR) is 89.7 cm³/mol. The Kier molecular flexibility index (Phi) is 4.39. The number of rotatable bonds is 5. The van der Waals surface area contributed by atoms with E-state index in [0.717, 1.165) is 36.8 Å². The molecule has 0 bridgehead atoms. The minimum atomic E-state index is 0.680. The molecular weight excluding hydrogens is 258 g/mol. The van der Waals surface area contributed by atoms with Crippen LogP contribution >= 0.6 is 0 Å². The van der Waals surface area contributed by atoms with E-state index in [1.807, 2.05) is 0 Å². The number of hydrogen-bond acceptors (Lipinski definition) is 3. The van der Waals surface area contributed by atoms with Gasteiger partial charge in [-0.3, -0.25) is 0 Å². The lowest BCUT2D eigenvalue weighted by Gasteiger charge is -2.21. The molecule has 0 radical (unpaired) electrons. The molecule has 2 heterocycles. The van der Waals surface area contributed by atoms with Gasteiger partial charge >= 0.3 is 0 Å². The largest absolute Gasteiger partial charge is 0.356 e. The second kappa shape index (κ2) is 6.44. The molecule has 3 nitrogen and oxygen atoms in total. The molecule has 1 aliphatic rings. The summed E-state index contributed by atoms with van der Waals surface area (Å²) in [5.41, 5.74) is 8.19. The molecule has 0 saturated carbocycles. The molecule has 3 heteroatoms. The summed E-state index contributed by atoms with van der Waals surface area (Å²) in [4.78, 5) is 7.41. The van der Waals surface area contributed by atoms with E-state index in [9.17, 15) is 0 Å². The maximum atomic E-state index is 5.80. The summed E-state index contributed by atoms with van der Waals surface area (Å²) in [5, 5.41) is 1.22. The van der Waals surface area contributed by atoms with E-state index in [1.54, 1.807) is 0 Å². The van der Waals surface area contributed by atoms with Crippen LogP contribution in [0.4, 0.5) is 5.82 Å². The minimum absolute atomic E-state index is 0.680. The van der Waals surface area contributed by atoms with Gasteiger partial charge in [0.05, 0.1) is 5.52 Å². The Morgan fingerprint density at radius 2 is 2.19 bits per heavy atom. The molecule has 2 aromatic rings. The third-order valence-corrected chi connectivity index (χ3v) is 4.48. The summed E-state index contributed by atoms with van der Waals surface area (Å²) in [6.45, 7) is 5.24. The van der Waals surface area contributed by atoms with Crippen LogP contribution in [-0.4, -0.2) is 24.6 Å². The lowest BCUT2D eigenvalue weighted by molar-refractivity contribution is 0.529. The third kappa shape index (κ3) is 3.03. The van der Waals surface area contributed by atoms with Gasteiger partial charge in [0.15, 0.2) is 0 Å². The molecule has 1 saturated heterocycles. The van der Waals surface area contributed by atoms with Gasteiger partial charge in [-0.15, -0.1) is 0 Å². The predicted octanol–water partition coefficient (Wildman–Crippen LogP) is 3.36. The van der Waals surface area contributed by atoms with Crippen LogP contribution in [-0.2, 0) is 6.42 Å². The van der Waals surface area contributed by atoms with E-state index in [-0.39, 0.29) is 0 Å². The van der Waals surface area contributed by atoms with Crippen LogP contribution in [0, 0.1) is 5.92 Å². The van der Waals surface area contributed by atoms with E-state index in [4.69, 9.17) is 10.7 Å². The molecule has 0 aliphatic carbocycles. The SMILES string of the molecule is CCCC1CCN(c2nc3ccccc3cc2CCN)C1. The molecule has 1 fully saturated rings. The van der Waals surface area contributed by atoms with E-state index in [2.05, 4.69) is 42.2 Å². The smallest absolute Gasteiger partial charge is 0.132 e. The zero-order valence-electron chi connectivity index (χ0n) is 12.9. The quantitative estimate of drug-likeness (QED) is 0.915. The summed E-state index contributed by atoms with van der Waals surface area (Å²) < 4.78 is 0. The first-order chi connectivity index (χ1) is 10.3. The number of pyridine rings is 1. The number of benzene rings is 1. The zero-order valence-corrected chi connectivity index (χ0v) is 12.9. The third-order valence-electron chi connectivity index (χ3n) is 4.48. The van der Waals surface area contributed by atoms with Gasteiger partial charge in [0.1, 0.15) is 5.82 Å². The second-order valence-corrected chi connectivity index (χ2v) is 6.09. The van der Waals surface area contributed by atoms with Gasteiger partial charge in [-0.1, -0.05) is 31.5 Å². The molecule has 3 rings (SSSR count). The fraction of sp³-hybridized carbons (Fsp3) is 0.500. The summed E-state index contributed by atoms with van der Waals surface area (Å²) in [6, 6.07) is 10.6. The molecule has 112 valence electrons. The highest BCUT2D eigenvalue weighted by molar-refractivity contribution is 5.81. The Balaban J connectivity index is 1.94. The summed E-state index contributed by atoms with van der Waals surface area (Å²) >= 11 is 0. The van der Waals surface area contributed by atoms with Crippen LogP contribution < -0.4 is 10.6 Å². The van der Waals surface area contributed by atoms with Crippen molar-refractivity contribution in [1.29, 1.82) is 0 Å². The average molecular weight is 283 g/mol. The molecular formula is C18H25N3. The number of nitrogens with two attached hydrogens (primary N) is 1. The van der Waals surface area contributed by atoms with E-state index in [1.165, 1.54) is 30.2 Å². The minimum Gasteiger partial charge on any atom is -0.356 e. The van der Waals surface area contributed by atoms with Crippen molar-refractivity contribution in [2.24, 2.45) is 11.7 Å². The van der Waals surface area contributed by atoms with Crippen molar-refractivity contribution in [3.05, 3.63) is 35.9 Å². The van der Waals surface area contributed by atoms with Gasteiger partial charge in [0.2, 0.25) is 0 Å². The van der Waals surface area contributed by atoms with Crippen molar-refractivity contribution in [1.82, 2.24) is 4.98 Å². The van der Waals surface area contributed by atoms with Gasteiger partial charge in [-0.2, -0.15) is 0 Å². The van der Waals surface area contributed by atoms with Crippen molar-refractivity contribution >= 4 is 16.7 Å². The highest BCUT2D eigenvalue weighted by Crippen LogP contribution is 2.30. The van der Waals surface area contributed by atoms with Crippen molar-refractivity contribution < 1.29 is 0 Å². The van der Waals surface area contributed by atoms with Crippen molar-refractivity contribution in [3.8, 4) is 0 Å². The molecule has 1 unspecified atom stereocenters. The Bertz CT molecular complexity index is 608. The molecule has 1 atom stereocenters. The van der Waals surface area contributed by atoms with Crippen molar-refractivity contribution in [2.45, 2.75) is 32.6 Å². The van der Waals surface area contributed by atoms with Gasteiger partial charge in [-0.25, -0.2) is 4.98 Å². The van der Waals surface area contributed by atoms with Crippen LogP contribution in [0.5, 0.6) is 0 Å². The van der Waals surface area contributed by atoms with Crippen LogP contribution in [0.15, 0.2) is 30.3 Å². The lowest BCUT2D eigenvalue weighted by Crippen LogP contribution is -2.23. The average Bonchev–Trinajstić information content (AvgIpc) is 2.96. The van der Waals surface area contributed by atoms with E-state index in [0.29, 0.717) is 6.54 Å². The molecule has 2 N–H and O–H groups in total. The number of anilines is 1. The summed E-state index contributed by atoms with van der Waals surface area (Å²) in [6.07, 6.45) is 4.81. The Morgan fingerprint density at radius 1 is 1.33 bits per heavy atom. The zero-order chi connectivity index (χ0) is 14.7. The summed E-state index contributed by atoms with van der Waals surface area (Å²) in [7, 11) is 0. The van der Waals surface area contributed by atoms with Gasteiger partial charge in [0, 0.05) is 18.5 Å². The van der Waals surface area contributed by atoms with Crippen molar-refractivity contribution in [2.75, 3.05) is 24.5 Å². The lowest BCUT2D eigenvalue weighted by atomic mass is 10.0. The number of hydrogen-bond donors (Lipinski definition) is 1.